The van der Waals surface area contributed by atoms with Crippen molar-refractivity contribution in [3.63, 3.8) is 0 Å². The Balaban J connectivity index is 2.44. The minimum atomic E-state index is -3.65. The first-order chi connectivity index (χ1) is 12.1. The highest BCUT2D eigenvalue weighted by Gasteiger charge is 2.32. The average molecular weight is 439 g/mol. The van der Waals surface area contributed by atoms with Crippen LogP contribution >= 0.6 is 15.9 Å². The third-order valence-corrected chi connectivity index (χ3v) is 5.79. The summed E-state index contributed by atoms with van der Waals surface area (Å²) < 4.78 is 27.0. The molecule has 1 unspecified atom stereocenters. The van der Waals surface area contributed by atoms with Gasteiger partial charge in [-0.2, -0.15) is 0 Å². The van der Waals surface area contributed by atoms with Crippen LogP contribution in [0.5, 0.6) is 0 Å². The van der Waals surface area contributed by atoms with Crippen LogP contribution in [0.3, 0.4) is 0 Å². The number of hydrogen-bond acceptors (Lipinski definition) is 3. The van der Waals surface area contributed by atoms with E-state index >= 15 is 0 Å². The van der Waals surface area contributed by atoms with Crippen molar-refractivity contribution in [2.45, 2.75) is 33.2 Å². The normalized spacial score (nSPS) is 12.5. The zero-order valence-electron chi connectivity index (χ0n) is 15.3. The molecule has 0 aliphatic rings. The van der Waals surface area contributed by atoms with Gasteiger partial charge in [-0.1, -0.05) is 25.1 Å². The van der Waals surface area contributed by atoms with E-state index < -0.39 is 16.1 Å². The number of carbonyl (C=O) groups excluding carboxylic acids is 1. The molecule has 0 fully saturated rings. The number of para-hydroxylation sites is 1. The Labute approximate surface area is 163 Å². The smallest absolute Gasteiger partial charge is 0.248 e. The predicted molar refractivity (Wildman–Crippen MR) is 110 cm³/mol. The van der Waals surface area contributed by atoms with Crippen molar-refractivity contribution in [1.82, 2.24) is 0 Å². The Morgan fingerprint density at radius 3 is 2.23 bits per heavy atom. The Morgan fingerprint density at radius 1 is 1.15 bits per heavy atom. The standard InChI is InChI=1S/C19H23BrN2O3S/c1-5-18(19(23)21-17-9-7-6-8-16(17)20)22(26(4,24)25)15-11-13(2)10-14(3)12-15/h6-12,18H,5H2,1-4H3,(H,21,23). The number of rotatable bonds is 6. The molecule has 140 valence electrons. The minimum absolute atomic E-state index is 0.344. The molecule has 2 aromatic rings. The van der Waals surface area contributed by atoms with E-state index in [1.165, 1.54) is 4.31 Å². The first-order valence-corrected chi connectivity index (χ1v) is 10.9. The van der Waals surface area contributed by atoms with Crippen LogP contribution in [0.25, 0.3) is 0 Å². The largest absolute Gasteiger partial charge is 0.323 e. The van der Waals surface area contributed by atoms with Crippen LogP contribution in [0, 0.1) is 13.8 Å². The summed E-state index contributed by atoms with van der Waals surface area (Å²) in [5.74, 6) is -0.371. The molecule has 1 amide bonds. The molecule has 1 atom stereocenters. The molecule has 7 heteroatoms. The van der Waals surface area contributed by atoms with Gasteiger partial charge in [-0.05, 0) is 71.6 Å². The van der Waals surface area contributed by atoms with Crippen LogP contribution in [0.15, 0.2) is 46.9 Å². The quantitative estimate of drug-likeness (QED) is 0.732. The number of nitrogens with zero attached hydrogens (tertiary/aromatic N) is 1. The second-order valence-electron chi connectivity index (χ2n) is 6.30. The topological polar surface area (TPSA) is 66.5 Å². The Bertz CT molecular complexity index is 893. The Kier molecular flexibility index (Phi) is 6.47. The van der Waals surface area contributed by atoms with Crippen molar-refractivity contribution in [3.05, 3.63) is 58.1 Å². The van der Waals surface area contributed by atoms with Gasteiger partial charge in [0.1, 0.15) is 6.04 Å². The molecule has 0 heterocycles. The fraction of sp³-hybridized carbons (Fsp3) is 0.316. The van der Waals surface area contributed by atoms with Gasteiger partial charge in [-0.3, -0.25) is 9.10 Å². The molecule has 5 nitrogen and oxygen atoms in total. The number of amides is 1. The van der Waals surface area contributed by atoms with Gasteiger partial charge in [0.05, 0.1) is 17.6 Å². The monoisotopic (exact) mass is 438 g/mol. The molecule has 0 bridgehead atoms. The summed E-state index contributed by atoms with van der Waals surface area (Å²) in [4.78, 5) is 12.9. The molecule has 2 rings (SSSR count). The highest BCUT2D eigenvalue weighted by atomic mass is 79.9. The summed E-state index contributed by atoms with van der Waals surface area (Å²) in [5, 5.41) is 2.82. The lowest BCUT2D eigenvalue weighted by Gasteiger charge is -2.30. The molecular weight excluding hydrogens is 416 g/mol. The summed E-state index contributed by atoms with van der Waals surface area (Å²) in [7, 11) is -3.65. The first kappa shape index (κ1) is 20.5. The number of benzene rings is 2. The summed E-state index contributed by atoms with van der Waals surface area (Å²) in [5.41, 5.74) is 2.98. The van der Waals surface area contributed by atoms with Crippen molar-refractivity contribution in [1.29, 1.82) is 0 Å². The number of hydrogen-bond donors (Lipinski definition) is 1. The summed E-state index contributed by atoms with van der Waals surface area (Å²) in [6.45, 7) is 5.60. The maximum absolute atomic E-state index is 12.9. The SMILES string of the molecule is CCC(C(=O)Nc1ccccc1Br)N(c1cc(C)cc(C)c1)S(C)(=O)=O. The van der Waals surface area contributed by atoms with Crippen molar-refractivity contribution < 1.29 is 13.2 Å². The number of aryl methyl sites for hydroxylation is 2. The molecule has 2 aromatic carbocycles. The molecule has 0 aromatic heterocycles. The lowest BCUT2D eigenvalue weighted by Crippen LogP contribution is -2.47. The van der Waals surface area contributed by atoms with E-state index in [9.17, 15) is 13.2 Å². The van der Waals surface area contributed by atoms with Crippen molar-refractivity contribution in [2.75, 3.05) is 15.9 Å². The number of halogens is 1. The number of nitrogens with one attached hydrogen (secondary N) is 1. The average Bonchev–Trinajstić information content (AvgIpc) is 2.52. The molecule has 0 saturated carbocycles. The fourth-order valence-corrected chi connectivity index (χ4v) is 4.50. The molecule has 0 radical (unpaired) electrons. The predicted octanol–water partition coefficient (Wildman–Crippen LogP) is 4.25. The summed E-state index contributed by atoms with van der Waals surface area (Å²) >= 11 is 3.39. The lowest BCUT2D eigenvalue weighted by molar-refractivity contribution is -0.117. The van der Waals surface area contributed by atoms with Gasteiger partial charge >= 0.3 is 0 Å². The Hall–Kier alpha value is -1.86. The molecule has 0 aliphatic carbocycles. The molecular formula is C19H23BrN2O3S. The van der Waals surface area contributed by atoms with Crippen LogP contribution in [0.1, 0.15) is 24.5 Å². The van der Waals surface area contributed by atoms with Gasteiger partial charge in [0.25, 0.3) is 0 Å². The van der Waals surface area contributed by atoms with Crippen molar-refractivity contribution >= 4 is 43.2 Å². The van der Waals surface area contributed by atoms with E-state index in [-0.39, 0.29) is 5.91 Å². The third-order valence-electron chi connectivity index (χ3n) is 3.92. The maximum Gasteiger partial charge on any atom is 0.248 e. The molecule has 26 heavy (non-hydrogen) atoms. The number of carbonyl (C=O) groups is 1. The number of anilines is 2. The molecule has 0 spiro atoms. The van der Waals surface area contributed by atoms with E-state index in [0.29, 0.717) is 17.8 Å². The lowest BCUT2D eigenvalue weighted by atomic mass is 10.1. The van der Waals surface area contributed by atoms with Gasteiger partial charge in [-0.25, -0.2) is 8.42 Å². The molecule has 1 N–H and O–H groups in total. The zero-order valence-corrected chi connectivity index (χ0v) is 17.7. The van der Waals surface area contributed by atoms with Crippen LogP contribution in [0.2, 0.25) is 0 Å². The van der Waals surface area contributed by atoms with Gasteiger partial charge in [-0.15, -0.1) is 0 Å². The first-order valence-electron chi connectivity index (χ1n) is 8.26. The van der Waals surface area contributed by atoms with E-state index in [1.54, 1.807) is 31.2 Å². The Morgan fingerprint density at radius 2 is 1.73 bits per heavy atom. The van der Waals surface area contributed by atoms with Crippen LogP contribution in [-0.4, -0.2) is 26.6 Å². The molecule has 0 saturated heterocycles. The van der Waals surface area contributed by atoms with Crippen molar-refractivity contribution in [3.8, 4) is 0 Å². The van der Waals surface area contributed by atoms with Crippen molar-refractivity contribution in [2.24, 2.45) is 0 Å². The van der Waals surface area contributed by atoms with E-state index in [1.807, 2.05) is 32.0 Å². The van der Waals surface area contributed by atoms with Gasteiger partial charge in [0.2, 0.25) is 15.9 Å². The summed E-state index contributed by atoms with van der Waals surface area (Å²) in [6, 6.07) is 11.9. The summed E-state index contributed by atoms with van der Waals surface area (Å²) in [6.07, 6.45) is 1.47. The van der Waals surface area contributed by atoms with E-state index in [4.69, 9.17) is 0 Å². The third kappa shape index (κ3) is 4.86. The second kappa shape index (κ2) is 8.22. The highest BCUT2D eigenvalue weighted by molar-refractivity contribution is 9.10. The van der Waals surface area contributed by atoms with E-state index in [2.05, 4.69) is 21.2 Å². The van der Waals surface area contributed by atoms with Gasteiger partial charge in [0.15, 0.2) is 0 Å². The minimum Gasteiger partial charge on any atom is -0.323 e. The zero-order chi connectivity index (χ0) is 19.5. The van der Waals surface area contributed by atoms with Crippen LogP contribution in [-0.2, 0) is 14.8 Å². The maximum atomic E-state index is 12.9. The highest BCUT2D eigenvalue weighted by Crippen LogP contribution is 2.27. The fourth-order valence-electron chi connectivity index (χ4n) is 2.92. The molecule has 0 aliphatic heterocycles. The number of sulfonamides is 1. The van der Waals surface area contributed by atoms with Gasteiger partial charge in [0, 0.05) is 4.47 Å². The van der Waals surface area contributed by atoms with Crippen LogP contribution in [0.4, 0.5) is 11.4 Å². The van der Waals surface area contributed by atoms with Crippen LogP contribution < -0.4 is 9.62 Å². The van der Waals surface area contributed by atoms with E-state index in [0.717, 1.165) is 21.9 Å². The van der Waals surface area contributed by atoms with Gasteiger partial charge < -0.3 is 5.32 Å². The second-order valence-corrected chi connectivity index (χ2v) is 9.01.